The summed E-state index contributed by atoms with van der Waals surface area (Å²) < 4.78 is 27.0. The predicted octanol–water partition coefficient (Wildman–Crippen LogP) is 0.533. The van der Waals surface area contributed by atoms with Gasteiger partial charge in [0.2, 0.25) is 15.9 Å². The first-order valence-corrected chi connectivity index (χ1v) is 8.99. The fraction of sp³-hybridized carbons (Fsp3) is 0.533. The molecule has 120 valence electrons. The van der Waals surface area contributed by atoms with Gasteiger partial charge in [-0.3, -0.25) is 4.79 Å². The van der Waals surface area contributed by atoms with Crippen LogP contribution in [0, 0.1) is 11.8 Å². The van der Waals surface area contributed by atoms with Crippen molar-refractivity contribution in [2.45, 2.75) is 30.2 Å². The van der Waals surface area contributed by atoms with E-state index in [0.29, 0.717) is 24.6 Å². The van der Waals surface area contributed by atoms with E-state index >= 15 is 0 Å². The standard InChI is InChI=1S/C15H21N3O3S/c16-14-3-1-2-11-8-18(9-13(11)14)22(20,21)12-6-4-10(5-7-12)15(17)19/h4-7,11,13-14H,1-3,8-9,16H2,(H2,17,19). The van der Waals surface area contributed by atoms with Crippen LogP contribution in [0.5, 0.6) is 0 Å². The summed E-state index contributed by atoms with van der Waals surface area (Å²) in [6, 6.07) is 5.87. The molecule has 3 rings (SSSR count). The lowest BCUT2D eigenvalue weighted by Crippen LogP contribution is -2.38. The van der Waals surface area contributed by atoms with Crippen molar-refractivity contribution in [2.75, 3.05) is 13.1 Å². The monoisotopic (exact) mass is 323 g/mol. The van der Waals surface area contributed by atoms with Crippen LogP contribution < -0.4 is 11.5 Å². The molecule has 0 radical (unpaired) electrons. The number of nitrogens with zero attached hydrogens (tertiary/aromatic N) is 1. The molecule has 3 atom stereocenters. The Hall–Kier alpha value is -1.44. The Labute approximate surface area is 130 Å². The van der Waals surface area contributed by atoms with Crippen LogP contribution in [0.1, 0.15) is 29.6 Å². The summed E-state index contributed by atoms with van der Waals surface area (Å²) in [7, 11) is -3.54. The van der Waals surface area contributed by atoms with Gasteiger partial charge in [0, 0.05) is 24.7 Å². The maximum atomic E-state index is 12.7. The van der Waals surface area contributed by atoms with Crippen molar-refractivity contribution in [1.82, 2.24) is 4.31 Å². The molecule has 1 aromatic rings. The number of nitrogens with two attached hydrogens (primary N) is 2. The van der Waals surface area contributed by atoms with E-state index in [1.807, 2.05) is 0 Å². The summed E-state index contributed by atoms with van der Waals surface area (Å²) in [5.74, 6) is 0.0546. The van der Waals surface area contributed by atoms with E-state index in [1.54, 1.807) is 0 Å². The molecule has 0 spiro atoms. The maximum absolute atomic E-state index is 12.7. The molecule has 6 nitrogen and oxygen atoms in total. The zero-order valence-electron chi connectivity index (χ0n) is 12.3. The largest absolute Gasteiger partial charge is 0.366 e. The molecule has 1 aliphatic heterocycles. The average molecular weight is 323 g/mol. The molecule has 1 saturated carbocycles. The number of fused-ring (bicyclic) bond motifs is 1. The summed E-state index contributed by atoms with van der Waals surface area (Å²) in [6.45, 7) is 1.03. The van der Waals surface area contributed by atoms with Gasteiger partial charge < -0.3 is 11.5 Å². The molecule has 1 aliphatic carbocycles. The van der Waals surface area contributed by atoms with E-state index in [4.69, 9.17) is 11.5 Å². The minimum atomic E-state index is -3.54. The maximum Gasteiger partial charge on any atom is 0.248 e. The Bertz CT molecular complexity index is 672. The van der Waals surface area contributed by atoms with Crippen LogP contribution in [0.4, 0.5) is 0 Å². The van der Waals surface area contributed by atoms with E-state index in [0.717, 1.165) is 19.3 Å². The third kappa shape index (κ3) is 2.64. The lowest BCUT2D eigenvalue weighted by molar-refractivity contribution is 0.1000. The van der Waals surface area contributed by atoms with Crippen LogP contribution >= 0.6 is 0 Å². The molecule has 1 aromatic carbocycles. The molecule has 4 N–H and O–H groups in total. The zero-order chi connectivity index (χ0) is 15.9. The van der Waals surface area contributed by atoms with Crippen LogP contribution in [0.15, 0.2) is 29.2 Å². The Morgan fingerprint density at radius 2 is 1.82 bits per heavy atom. The lowest BCUT2D eigenvalue weighted by Gasteiger charge is -2.29. The van der Waals surface area contributed by atoms with E-state index in [9.17, 15) is 13.2 Å². The lowest BCUT2D eigenvalue weighted by atomic mass is 9.78. The van der Waals surface area contributed by atoms with Crippen molar-refractivity contribution in [3.63, 3.8) is 0 Å². The minimum absolute atomic E-state index is 0.0937. The van der Waals surface area contributed by atoms with Crippen LogP contribution in [0.3, 0.4) is 0 Å². The molecular formula is C15H21N3O3S. The van der Waals surface area contributed by atoms with Crippen molar-refractivity contribution in [3.05, 3.63) is 29.8 Å². The number of benzene rings is 1. The highest BCUT2D eigenvalue weighted by atomic mass is 32.2. The first-order valence-electron chi connectivity index (χ1n) is 7.55. The van der Waals surface area contributed by atoms with E-state index < -0.39 is 15.9 Å². The van der Waals surface area contributed by atoms with Crippen LogP contribution in [-0.2, 0) is 10.0 Å². The molecule has 7 heteroatoms. The van der Waals surface area contributed by atoms with Gasteiger partial charge in [-0.25, -0.2) is 8.42 Å². The number of sulfonamides is 1. The van der Waals surface area contributed by atoms with Gasteiger partial charge in [-0.1, -0.05) is 6.42 Å². The van der Waals surface area contributed by atoms with Gasteiger partial charge in [-0.2, -0.15) is 4.31 Å². The Morgan fingerprint density at radius 1 is 1.14 bits per heavy atom. The summed E-state index contributed by atoms with van der Waals surface area (Å²) in [5, 5.41) is 0. The fourth-order valence-corrected chi connectivity index (χ4v) is 5.15. The second-order valence-electron chi connectivity index (χ2n) is 6.23. The van der Waals surface area contributed by atoms with E-state index in [1.165, 1.54) is 28.6 Å². The SMILES string of the molecule is NC(=O)c1ccc(S(=O)(=O)N2CC3CCCC(N)C3C2)cc1. The molecule has 22 heavy (non-hydrogen) atoms. The van der Waals surface area contributed by atoms with Crippen molar-refractivity contribution in [2.24, 2.45) is 23.3 Å². The molecule has 2 aliphatic rings. The third-order valence-corrected chi connectivity index (χ3v) is 6.74. The highest BCUT2D eigenvalue weighted by Gasteiger charge is 2.43. The van der Waals surface area contributed by atoms with Crippen LogP contribution in [-0.4, -0.2) is 37.8 Å². The molecule has 0 aromatic heterocycles. The predicted molar refractivity (Wildman–Crippen MR) is 82.5 cm³/mol. The van der Waals surface area contributed by atoms with Gasteiger partial charge in [0.1, 0.15) is 0 Å². The Kier molecular flexibility index (Phi) is 3.96. The number of amides is 1. The number of hydrogen-bond acceptors (Lipinski definition) is 4. The average Bonchev–Trinajstić information content (AvgIpc) is 2.94. The van der Waals surface area contributed by atoms with Gasteiger partial charge in [0.05, 0.1) is 4.90 Å². The number of primary amides is 1. The van der Waals surface area contributed by atoms with E-state index in [-0.39, 0.29) is 16.9 Å². The van der Waals surface area contributed by atoms with Crippen molar-refractivity contribution in [1.29, 1.82) is 0 Å². The minimum Gasteiger partial charge on any atom is -0.366 e. The highest BCUT2D eigenvalue weighted by molar-refractivity contribution is 7.89. The highest BCUT2D eigenvalue weighted by Crippen LogP contribution is 2.37. The zero-order valence-corrected chi connectivity index (χ0v) is 13.1. The van der Waals surface area contributed by atoms with Crippen LogP contribution in [0.25, 0.3) is 0 Å². The van der Waals surface area contributed by atoms with Crippen molar-refractivity contribution < 1.29 is 13.2 Å². The quantitative estimate of drug-likeness (QED) is 0.846. The van der Waals surface area contributed by atoms with Gasteiger partial charge >= 0.3 is 0 Å². The molecule has 1 saturated heterocycles. The first kappa shape index (κ1) is 15.5. The summed E-state index contributed by atoms with van der Waals surface area (Å²) in [4.78, 5) is 11.3. The number of rotatable bonds is 3. The van der Waals surface area contributed by atoms with Gasteiger partial charge in [0.15, 0.2) is 0 Å². The molecule has 0 bridgehead atoms. The summed E-state index contributed by atoms with van der Waals surface area (Å²) in [6.07, 6.45) is 3.09. The molecule has 1 heterocycles. The van der Waals surface area contributed by atoms with Gasteiger partial charge in [-0.15, -0.1) is 0 Å². The third-order valence-electron chi connectivity index (χ3n) is 4.90. The topological polar surface area (TPSA) is 106 Å². The smallest absolute Gasteiger partial charge is 0.248 e. The Balaban J connectivity index is 1.83. The van der Waals surface area contributed by atoms with Crippen molar-refractivity contribution in [3.8, 4) is 0 Å². The molecular weight excluding hydrogens is 302 g/mol. The number of carbonyl (C=O) groups excluding carboxylic acids is 1. The fourth-order valence-electron chi connectivity index (χ4n) is 3.61. The number of carbonyl (C=O) groups is 1. The molecule has 1 amide bonds. The second-order valence-corrected chi connectivity index (χ2v) is 8.17. The second kappa shape index (κ2) is 5.64. The van der Waals surface area contributed by atoms with E-state index in [2.05, 4.69) is 0 Å². The van der Waals surface area contributed by atoms with Crippen LogP contribution in [0.2, 0.25) is 0 Å². The first-order chi connectivity index (χ1) is 10.4. The molecule has 3 unspecified atom stereocenters. The summed E-state index contributed by atoms with van der Waals surface area (Å²) >= 11 is 0. The number of hydrogen-bond donors (Lipinski definition) is 2. The normalized spacial score (nSPS) is 29.2. The summed E-state index contributed by atoms with van der Waals surface area (Å²) in [5.41, 5.74) is 11.6. The molecule has 2 fully saturated rings. The van der Waals surface area contributed by atoms with Gasteiger partial charge in [-0.05, 0) is 48.9 Å². The Morgan fingerprint density at radius 3 is 2.41 bits per heavy atom. The van der Waals surface area contributed by atoms with Gasteiger partial charge in [0.25, 0.3) is 0 Å². The van der Waals surface area contributed by atoms with Crippen molar-refractivity contribution >= 4 is 15.9 Å².